The van der Waals surface area contributed by atoms with Crippen LogP contribution in [0.5, 0.6) is 0 Å². The summed E-state index contributed by atoms with van der Waals surface area (Å²) in [4.78, 5) is 16.3. The van der Waals surface area contributed by atoms with Crippen LogP contribution in [0.3, 0.4) is 0 Å². The minimum atomic E-state index is -0.330. The van der Waals surface area contributed by atoms with E-state index in [1.165, 1.54) is 30.1 Å². The number of nitrogens with zero attached hydrogens (tertiary/aromatic N) is 5. The third-order valence-corrected chi connectivity index (χ3v) is 5.72. The average Bonchev–Trinajstić information content (AvgIpc) is 3.24. The molecule has 7 nitrogen and oxygen atoms in total. The molecule has 0 aliphatic rings. The molecule has 32 heavy (non-hydrogen) atoms. The molecule has 160 valence electrons. The van der Waals surface area contributed by atoms with E-state index in [4.69, 9.17) is 0 Å². The molecule has 0 radical (unpaired) electrons. The van der Waals surface area contributed by atoms with Crippen LogP contribution in [0.15, 0.2) is 87.8 Å². The highest BCUT2D eigenvalue weighted by atomic mass is 79.9. The zero-order valence-electron chi connectivity index (χ0n) is 16.5. The van der Waals surface area contributed by atoms with Crippen LogP contribution >= 0.6 is 27.7 Å². The van der Waals surface area contributed by atoms with Crippen molar-refractivity contribution < 1.29 is 9.18 Å². The zero-order chi connectivity index (χ0) is 22.3. The predicted octanol–water partition coefficient (Wildman–Crippen LogP) is 4.47. The number of hydrogen-bond donors (Lipinski definition) is 1. The van der Waals surface area contributed by atoms with E-state index >= 15 is 0 Å². The second-order valence-corrected chi connectivity index (χ2v) is 8.35. The largest absolute Gasteiger partial charge is 0.272 e. The fourth-order valence-electron chi connectivity index (χ4n) is 2.76. The molecule has 0 saturated heterocycles. The molecule has 0 unspecified atom stereocenters. The van der Waals surface area contributed by atoms with Crippen molar-refractivity contribution in [1.82, 2.24) is 25.2 Å². The van der Waals surface area contributed by atoms with E-state index in [2.05, 4.69) is 41.6 Å². The molecule has 0 aliphatic carbocycles. The maximum absolute atomic E-state index is 12.9. The van der Waals surface area contributed by atoms with E-state index in [-0.39, 0.29) is 17.5 Å². The van der Waals surface area contributed by atoms with Gasteiger partial charge >= 0.3 is 0 Å². The Morgan fingerprint density at radius 2 is 1.78 bits per heavy atom. The van der Waals surface area contributed by atoms with Gasteiger partial charge in [-0.2, -0.15) is 5.10 Å². The minimum Gasteiger partial charge on any atom is -0.272 e. The number of benzene rings is 2. The van der Waals surface area contributed by atoms with Crippen molar-refractivity contribution in [3.8, 4) is 17.1 Å². The molecule has 2 heterocycles. The van der Waals surface area contributed by atoms with Gasteiger partial charge in [-0.05, 0) is 54.1 Å². The van der Waals surface area contributed by atoms with Crippen LogP contribution in [-0.4, -0.2) is 37.6 Å². The van der Waals surface area contributed by atoms with Crippen molar-refractivity contribution in [3.05, 3.63) is 88.9 Å². The zero-order valence-corrected chi connectivity index (χ0v) is 18.9. The van der Waals surface area contributed by atoms with Gasteiger partial charge in [0, 0.05) is 28.1 Å². The Hall–Kier alpha value is -3.37. The highest BCUT2D eigenvalue weighted by molar-refractivity contribution is 9.10. The van der Waals surface area contributed by atoms with Gasteiger partial charge in [-0.25, -0.2) is 9.82 Å². The first kappa shape index (κ1) is 21.8. The molecule has 4 aromatic rings. The van der Waals surface area contributed by atoms with Gasteiger partial charge in [0.25, 0.3) is 5.91 Å². The van der Waals surface area contributed by atoms with Crippen LogP contribution in [0.2, 0.25) is 0 Å². The molecule has 0 saturated carbocycles. The number of rotatable bonds is 7. The van der Waals surface area contributed by atoms with Gasteiger partial charge in [0.1, 0.15) is 5.82 Å². The smallest absolute Gasteiger partial charge is 0.250 e. The lowest BCUT2D eigenvalue weighted by Crippen LogP contribution is -2.20. The number of thioether (sulfide) groups is 1. The number of amides is 1. The summed E-state index contributed by atoms with van der Waals surface area (Å²) in [5, 5.41) is 13.1. The third kappa shape index (κ3) is 5.45. The monoisotopic (exact) mass is 510 g/mol. The number of hydrazone groups is 1. The Bertz CT molecular complexity index is 1230. The van der Waals surface area contributed by atoms with Gasteiger partial charge in [-0.1, -0.05) is 39.8 Å². The Morgan fingerprint density at radius 1 is 1.06 bits per heavy atom. The topological polar surface area (TPSA) is 85.1 Å². The SMILES string of the molecule is O=C(CSc1nnc(-c2ccncc2)n1-c1ccc(Br)cc1)N/N=C/c1ccc(F)cc1. The number of aromatic nitrogens is 4. The molecule has 0 spiro atoms. The van der Waals surface area contributed by atoms with E-state index in [0.29, 0.717) is 16.5 Å². The molecule has 2 aromatic carbocycles. The predicted molar refractivity (Wildman–Crippen MR) is 125 cm³/mol. The Morgan fingerprint density at radius 3 is 2.50 bits per heavy atom. The number of pyridine rings is 1. The standard InChI is InChI=1S/C22H16BrFN6OS/c23-17-3-7-19(8-4-17)30-21(16-9-11-25-12-10-16)28-29-22(30)32-14-20(31)27-26-13-15-1-5-18(24)6-2-15/h1-13H,14H2,(H,27,31)/b26-13+. The molecule has 0 aliphatic heterocycles. The summed E-state index contributed by atoms with van der Waals surface area (Å²) in [6, 6.07) is 17.2. The number of halogens is 2. The number of carbonyl (C=O) groups is 1. The summed E-state index contributed by atoms with van der Waals surface area (Å²) < 4.78 is 15.8. The maximum Gasteiger partial charge on any atom is 0.250 e. The van der Waals surface area contributed by atoms with Gasteiger partial charge in [0.2, 0.25) is 0 Å². The van der Waals surface area contributed by atoms with Gasteiger partial charge in [-0.15, -0.1) is 10.2 Å². The molecule has 4 rings (SSSR count). The van der Waals surface area contributed by atoms with Crippen LogP contribution in [0.1, 0.15) is 5.56 Å². The van der Waals surface area contributed by atoms with Crippen molar-refractivity contribution in [1.29, 1.82) is 0 Å². The van der Waals surface area contributed by atoms with Crippen LogP contribution in [-0.2, 0) is 4.79 Å². The summed E-state index contributed by atoms with van der Waals surface area (Å²) in [6.45, 7) is 0. The van der Waals surface area contributed by atoms with Crippen molar-refractivity contribution in [3.63, 3.8) is 0 Å². The van der Waals surface area contributed by atoms with Crippen molar-refractivity contribution in [2.75, 3.05) is 5.75 Å². The van der Waals surface area contributed by atoms with Crippen LogP contribution in [0, 0.1) is 5.82 Å². The van der Waals surface area contributed by atoms with Gasteiger partial charge in [0.15, 0.2) is 11.0 Å². The molecule has 10 heteroatoms. The van der Waals surface area contributed by atoms with E-state index < -0.39 is 0 Å². The lowest BCUT2D eigenvalue weighted by Gasteiger charge is -2.10. The summed E-state index contributed by atoms with van der Waals surface area (Å²) >= 11 is 4.69. The normalized spacial score (nSPS) is 11.1. The summed E-state index contributed by atoms with van der Waals surface area (Å²) in [5.74, 6) is 0.103. The van der Waals surface area contributed by atoms with Crippen molar-refractivity contribution in [2.24, 2.45) is 5.10 Å². The van der Waals surface area contributed by atoms with Crippen LogP contribution in [0.4, 0.5) is 4.39 Å². The van der Waals surface area contributed by atoms with Gasteiger partial charge in [-0.3, -0.25) is 14.3 Å². The summed E-state index contributed by atoms with van der Waals surface area (Å²) in [5.41, 5.74) is 4.86. The Kier molecular flexibility index (Phi) is 7.03. The van der Waals surface area contributed by atoms with E-state index in [0.717, 1.165) is 15.7 Å². The molecule has 0 atom stereocenters. The molecule has 0 fully saturated rings. The third-order valence-electron chi connectivity index (χ3n) is 4.26. The van der Waals surface area contributed by atoms with Crippen molar-refractivity contribution in [2.45, 2.75) is 5.16 Å². The fraction of sp³-hybridized carbons (Fsp3) is 0.0455. The first-order chi connectivity index (χ1) is 15.6. The van der Waals surface area contributed by atoms with E-state index in [1.807, 2.05) is 41.0 Å². The lowest BCUT2D eigenvalue weighted by atomic mass is 10.2. The Balaban J connectivity index is 1.49. The molecule has 2 aromatic heterocycles. The highest BCUT2D eigenvalue weighted by Crippen LogP contribution is 2.28. The van der Waals surface area contributed by atoms with Crippen molar-refractivity contribution >= 4 is 39.8 Å². The highest BCUT2D eigenvalue weighted by Gasteiger charge is 2.17. The second kappa shape index (κ2) is 10.3. The molecule has 1 amide bonds. The van der Waals surface area contributed by atoms with E-state index in [1.54, 1.807) is 24.5 Å². The molecular weight excluding hydrogens is 495 g/mol. The van der Waals surface area contributed by atoms with Crippen LogP contribution < -0.4 is 5.43 Å². The maximum atomic E-state index is 12.9. The molecular formula is C22H16BrFN6OS. The fourth-order valence-corrected chi connectivity index (χ4v) is 3.77. The number of hydrogen-bond acceptors (Lipinski definition) is 6. The summed E-state index contributed by atoms with van der Waals surface area (Å²) in [7, 11) is 0. The number of carbonyl (C=O) groups excluding carboxylic acids is 1. The summed E-state index contributed by atoms with van der Waals surface area (Å²) in [6.07, 6.45) is 4.83. The Labute approximate surface area is 195 Å². The van der Waals surface area contributed by atoms with E-state index in [9.17, 15) is 9.18 Å². The first-order valence-corrected chi connectivity index (χ1v) is 11.2. The molecule has 0 bridgehead atoms. The van der Waals surface area contributed by atoms with Crippen LogP contribution in [0.25, 0.3) is 17.1 Å². The molecule has 1 N–H and O–H groups in total. The minimum absolute atomic E-state index is 0.0891. The van der Waals surface area contributed by atoms with Gasteiger partial charge < -0.3 is 0 Å². The first-order valence-electron chi connectivity index (χ1n) is 9.42. The van der Waals surface area contributed by atoms with Gasteiger partial charge in [0.05, 0.1) is 12.0 Å². The second-order valence-electron chi connectivity index (χ2n) is 6.49. The number of nitrogens with one attached hydrogen (secondary N) is 1. The average molecular weight is 511 g/mol. The lowest BCUT2D eigenvalue weighted by molar-refractivity contribution is -0.118. The quantitative estimate of drug-likeness (QED) is 0.225.